The highest BCUT2D eigenvalue weighted by molar-refractivity contribution is 7.22. The molecule has 1 aliphatic rings. The second kappa shape index (κ2) is 5.43. The molecule has 1 amide bonds. The SMILES string of the molecule is CC(C)(C)OC(=O)N1CCc2ccc3nc(N)sc3c2CC1. The van der Waals surface area contributed by atoms with Crippen molar-refractivity contribution in [1.29, 1.82) is 0 Å². The van der Waals surface area contributed by atoms with Gasteiger partial charge in [0.15, 0.2) is 5.13 Å². The first kappa shape index (κ1) is 15.1. The monoisotopic (exact) mass is 319 g/mol. The zero-order valence-corrected chi connectivity index (χ0v) is 14.0. The van der Waals surface area contributed by atoms with Crippen molar-refractivity contribution in [2.24, 2.45) is 0 Å². The number of benzene rings is 1. The fourth-order valence-electron chi connectivity index (χ4n) is 2.74. The molecular weight excluding hydrogens is 298 g/mol. The Bertz CT molecular complexity index is 718. The fourth-order valence-corrected chi connectivity index (χ4v) is 3.66. The molecule has 0 unspecified atom stereocenters. The van der Waals surface area contributed by atoms with Crippen LogP contribution in [0, 0.1) is 0 Å². The molecule has 2 heterocycles. The van der Waals surface area contributed by atoms with Gasteiger partial charge in [0.25, 0.3) is 0 Å². The average molecular weight is 319 g/mol. The molecule has 1 aliphatic heterocycles. The zero-order chi connectivity index (χ0) is 15.9. The van der Waals surface area contributed by atoms with E-state index in [2.05, 4.69) is 11.1 Å². The van der Waals surface area contributed by atoms with E-state index in [-0.39, 0.29) is 6.09 Å². The highest BCUT2D eigenvalue weighted by Crippen LogP contribution is 2.31. The summed E-state index contributed by atoms with van der Waals surface area (Å²) in [4.78, 5) is 18.4. The number of nitrogens with two attached hydrogens (primary N) is 1. The first-order valence-electron chi connectivity index (χ1n) is 7.48. The number of ether oxygens (including phenoxy) is 1. The summed E-state index contributed by atoms with van der Waals surface area (Å²) in [6.07, 6.45) is 1.41. The predicted octanol–water partition coefficient (Wildman–Crippen LogP) is 3.21. The molecule has 6 heteroatoms. The van der Waals surface area contributed by atoms with E-state index in [0.29, 0.717) is 18.2 Å². The lowest BCUT2D eigenvalue weighted by molar-refractivity contribution is 0.0258. The molecule has 22 heavy (non-hydrogen) atoms. The summed E-state index contributed by atoms with van der Waals surface area (Å²) in [7, 11) is 0. The van der Waals surface area contributed by atoms with Gasteiger partial charge in [0.05, 0.1) is 10.2 Å². The van der Waals surface area contributed by atoms with Crippen LogP contribution in [0.3, 0.4) is 0 Å². The van der Waals surface area contributed by atoms with Crippen LogP contribution in [0.5, 0.6) is 0 Å². The zero-order valence-electron chi connectivity index (χ0n) is 13.2. The Hall–Kier alpha value is -1.82. The van der Waals surface area contributed by atoms with Crippen molar-refractivity contribution in [3.8, 4) is 0 Å². The standard InChI is InChI=1S/C16H21N3O2S/c1-16(2,3)21-15(20)19-8-6-10-4-5-12-13(11(10)7-9-19)22-14(17)18-12/h4-5H,6-9H2,1-3H3,(H2,17,18). The molecule has 1 aromatic carbocycles. The number of carbonyl (C=O) groups excluding carboxylic acids is 1. The lowest BCUT2D eigenvalue weighted by Gasteiger charge is -2.26. The van der Waals surface area contributed by atoms with Gasteiger partial charge in [0, 0.05) is 13.1 Å². The lowest BCUT2D eigenvalue weighted by atomic mass is 10.0. The topological polar surface area (TPSA) is 68.5 Å². The van der Waals surface area contributed by atoms with Gasteiger partial charge in [-0.3, -0.25) is 0 Å². The molecule has 5 nitrogen and oxygen atoms in total. The molecule has 0 spiro atoms. The first-order chi connectivity index (χ1) is 10.3. The molecule has 0 saturated heterocycles. The van der Waals surface area contributed by atoms with Crippen molar-refractivity contribution in [2.45, 2.75) is 39.2 Å². The van der Waals surface area contributed by atoms with Crippen LogP contribution in [0.25, 0.3) is 10.2 Å². The maximum absolute atomic E-state index is 12.3. The third kappa shape index (κ3) is 3.02. The van der Waals surface area contributed by atoms with E-state index in [9.17, 15) is 4.79 Å². The summed E-state index contributed by atoms with van der Waals surface area (Å²) in [5.41, 5.74) is 8.87. The number of thiazole rings is 1. The quantitative estimate of drug-likeness (QED) is 0.809. The summed E-state index contributed by atoms with van der Waals surface area (Å²) in [5.74, 6) is 0. The van der Waals surface area contributed by atoms with Gasteiger partial charge in [-0.15, -0.1) is 0 Å². The fraction of sp³-hybridized carbons (Fsp3) is 0.500. The van der Waals surface area contributed by atoms with Gasteiger partial charge in [-0.25, -0.2) is 9.78 Å². The van der Waals surface area contributed by atoms with Crippen molar-refractivity contribution in [1.82, 2.24) is 9.88 Å². The van der Waals surface area contributed by atoms with Crippen LogP contribution in [0.15, 0.2) is 12.1 Å². The number of nitrogen functional groups attached to an aromatic ring is 1. The summed E-state index contributed by atoms with van der Waals surface area (Å²) in [5, 5.41) is 0.594. The molecule has 2 N–H and O–H groups in total. The number of hydrogen-bond acceptors (Lipinski definition) is 5. The van der Waals surface area contributed by atoms with Gasteiger partial charge >= 0.3 is 6.09 Å². The second-order valence-corrected chi connectivity index (χ2v) is 7.60. The number of anilines is 1. The van der Waals surface area contributed by atoms with Crippen molar-refractivity contribution in [3.05, 3.63) is 23.3 Å². The van der Waals surface area contributed by atoms with Crippen molar-refractivity contribution < 1.29 is 9.53 Å². The number of rotatable bonds is 0. The van der Waals surface area contributed by atoms with Crippen LogP contribution in [-0.2, 0) is 17.6 Å². The van der Waals surface area contributed by atoms with E-state index in [1.165, 1.54) is 22.5 Å². The van der Waals surface area contributed by atoms with Crippen LogP contribution >= 0.6 is 11.3 Å². The van der Waals surface area contributed by atoms with E-state index in [4.69, 9.17) is 10.5 Å². The first-order valence-corrected chi connectivity index (χ1v) is 8.30. The summed E-state index contributed by atoms with van der Waals surface area (Å²) in [6, 6.07) is 4.12. The molecule has 0 radical (unpaired) electrons. The highest BCUT2D eigenvalue weighted by atomic mass is 32.1. The van der Waals surface area contributed by atoms with Crippen LogP contribution in [-0.4, -0.2) is 34.7 Å². The summed E-state index contributed by atoms with van der Waals surface area (Å²) in [6.45, 7) is 7.02. The number of hydrogen-bond donors (Lipinski definition) is 1. The Morgan fingerprint density at radius 2 is 2.05 bits per heavy atom. The Morgan fingerprint density at radius 1 is 1.32 bits per heavy atom. The van der Waals surface area contributed by atoms with Gasteiger partial charge in [0.2, 0.25) is 0 Å². The Balaban J connectivity index is 1.83. The number of carbonyl (C=O) groups is 1. The third-order valence-corrected chi connectivity index (χ3v) is 4.67. The number of aromatic nitrogens is 1. The molecule has 2 aromatic rings. The summed E-state index contributed by atoms with van der Waals surface area (Å²) >= 11 is 1.53. The molecular formula is C16H21N3O2S. The molecule has 3 rings (SSSR count). The molecule has 0 fully saturated rings. The van der Waals surface area contributed by atoms with Crippen LogP contribution in [0.4, 0.5) is 9.93 Å². The third-order valence-electron chi connectivity index (χ3n) is 3.71. The average Bonchev–Trinajstić information content (AvgIpc) is 2.65. The number of nitrogens with zero attached hydrogens (tertiary/aromatic N) is 2. The maximum atomic E-state index is 12.3. The molecule has 0 atom stereocenters. The molecule has 1 aromatic heterocycles. The predicted molar refractivity (Wildman–Crippen MR) is 89.2 cm³/mol. The molecule has 0 bridgehead atoms. The maximum Gasteiger partial charge on any atom is 0.410 e. The van der Waals surface area contributed by atoms with Gasteiger partial charge in [-0.05, 0) is 50.8 Å². The highest BCUT2D eigenvalue weighted by Gasteiger charge is 2.25. The van der Waals surface area contributed by atoms with E-state index in [1.54, 1.807) is 4.90 Å². The number of amides is 1. The van der Waals surface area contributed by atoms with Crippen LogP contribution < -0.4 is 5.73 Å². The van der Waals surface area contributed by atoms with Crippen molar-refractivity contribution in [3.63, 3.8) is 0 Å². The van der Waals surface area contributed by atoms with E-state index in [0.717, 1.165) is 23.1 Å². The normalized spacial score (nSPS) is 15.5. The minimum Gasteiger partial charge on any atom is -0.444 e. The van der Waals surface area contributed by atoms with Gasteiger partial charge in [-0.2, -0.15) is 0 Å². The smallest absolute Gasteiger partial charge is 0.410 e. The van der Waals surface area contributed by atoms with Crippen molar-refractivity contribution in [2.75, 3.05) is 18.8 Å². The van der Waals surface area contributed by atoms with E-state index in [1.807, 2.05) is 26.8 Å². The molecule has 118 valence electrons. The van der Waals surface area contributed by atoms with Gasteiger partial charge < -0.3 is 15.4 Å². The van der Waals surface area contributed by atoms with Crippen LogP contribution in [0.2, 0.25) is 0 Å². The van der Waals surface area contributed by atoms with E-state index < -0.39 is 5.60 Å². The Morgan fingerprint density at radius 3 is 2.77 bits per heavy atom. The van der Waals surface area contributed by atoms with E-state index >= 15 is 0 Å². The van der Waals surface area contributed by atoms with Crippen LogP contribution in [0.1, 0.15) is 31.9 Å². The van der Waals surface area contributed by atoms with Gasteiger partial charge in [0.1, 0.15) is 5.60 Å². The Labute approximate surface area is 134 Å². The second-order valence-electron chi connectivity index (χ2n) is 6.57. The molecule has 0 aliphatic carbocycles. The Kier molecular flexibility index (Phi) is 3.72. The van der Waals surface area contributed by atoms with Gasteiger partial charge in [-0.1, -0.05) is 17.4 Å². The minimum absolute atomic E-state index is 0.236. The minimum atomic E-state index is -0.463. The summed E-state index contributed by atoms with van der Waals surface area (Å²) < 4.78 is 6.63. The molecule has 0 saturated carbocycles. The van der Waals surface area contributed by atoms with Crippen molar-refractivity contribution >= 4 is 32.8 Å². The largest absolute Gasteiger partial charge is 0.444 e. The number of fused-ring (bicyclic) bond motifs is 3. The lowest BCUT2D eigenvalue weighted by Crippen LogP contribution is -2.38.